The topological polar surface area (TPSA) is 61.5 Å². The van der Waals surface area contributed by atoms with E-state index < -0.39 is 6.17 Å². The van der Waals surface area contributed by atoms with Crippen molar-refractivity contribution in [2.45, 2.75) is 25.1 Å². The lowest BCUT2D eigenvalue weighted by Gasteiger charge is -2.30. The van der Waals surface area contributed by atoms with E-state index in [2.05, 4.69) is 9.97 Å². The zero-order chi connectivity index (χ0) is 17.9. The van der Waals surface area contributed by atoms with Crippen molar-refractivity contribution in [2.24, 2.45) is 0 Å². The standard InChI is InChI=1S/C19H23FN4O2/c20-15-6-7-24(16(15)12-14-4-2-1-3-5-14)19-21-17(13-18(25)22-19)23-8-10-26-11-9-23/h1-5,13,15-16H,6-12H2,(H,21,22,25)/t15-,16+/m1/s1. The third kappa shape index (κ3) is 3.58. The van der Waals surface area contributed by atoms with Gasteiger partial charge in [0, 0.05) is 25.7 Å². The van der Waals surface area contributed by atoms with Crippen molar-refractivity contribution in [1.82, 2.24) is 9.97 Å². The molecule has 0 radical (unpaired) electrons. The Hall–Kier alpha value is -2.41. The Kier molecular flexibility index (Phi) is 4.88. The van der Waals surface area contributed by atoms with Crippen LogP contribution in [0.5, 0.6) is 0 Å². The predicted octanol–water partition coefficient (Wildman–Crippen LogP) is 1.77. The number of halogens is 1. The summed E-state index contributed by atoms with van der Waals surface area (Å²) in [4.78, 5) is 23.6. The Bertz CT molecular complexity index is 792. The van der Waals surface area contributed by atoms with E-state index in [9.17, 15) is 9.18 Å². The fourth-order valence-electron chi connectivity index (χ4n) is 3.70. The monoisotopic (exact) mass is 358 g/mol. The molecule has 2 atom stereocenters. The second-order valence-electron chi connectivity index (χ2n) is 6.78. The van der Waals surface area contributed by atoms with Gasteiger partial charge in [0.05, 0.1) is 19.3 Å². The van der Waals surface area contributed by atoms with Gasteiger partial charge in [-0.15, -0.1) is 0 Å². The van der Waals surface area contributed by atoms with Gasteiger partial charge in [0.2, 0.25) is 5.95 Å². The first-order valence-electron chi connectivity index (χ1n) is 9.09. The van der Waals surface area contributed by atoms with Gasteiger partial charge >= 0.3 is 0 Å². The third-order valence-corrected chi connectivity index (χ3v) is 5.07. The molecule has 6 nitrogen and oxygen atoms in total. The van der Waals surface area contributed by atoms with Crippen LogP contribution in [0.1, 0.15) is 12.0 Å². The van der Waals surface area contributed by atoms with Gasteiger partial charge in [-0.2, -0.15) is 4.98 Å². The summed E-state index contributed by atoms with van der Waals surface area (Å²) in [6.45, 7) is 3.20. The molecule has 1 aromatic carbocycles. The number of ether oxygens (including phenoxy) is 1. The maximum absolute atomic E-state index is 14.6. The molecule has 0 aliphatic carbocycles. The number of benzene rings is 1. The summed E-state index contributed by atoms with van der Waals surface area (Å²) in [6, 6.07) is 11.1. The average Bonchev–Trinajstić information content (AvgIpc) is 3.03. The van der Waals surface area contributed by atoms with Crippen LogP contribution in [0.15, 0.2) is 41.2 Å². The van der Waals surface area contributed by atoms with E-state index in [1.165, 1.54) is 6.07 Å². The Labute approximate surface area is 151 Å². The van der Waals surface area contributed by atoms with E-state index in [1.54, 1.807) is 0 Å². The molecule has 1 N–H and O–H groups in total. The van der Waals surface area contributed by atoms with Crippen molar-refractivity contribution >= 4 is 11.8 Å². The van der Waals surface area contributed by atoms with Crippen LogP contribution >= 0.6 is 0 Å². The Morgan fingerprint density at radius 3 is 2.73 bits per heavy atom. The highest BCUT2D eigenvalue weighted by Gasteiger charge is 2.36. The zero-order valence-corrected chi connectivity index (χ0v) is 14.6. The fraction of sp³-hybridized carbons (Fsp3) is 0.474. The van der Waals surface area contributed by atoms with Gasteiger partial charge in [-0.1, -0.05) is 30.3 Å². The van der Waals surface area contributed by atoms with Crippen molar-refractivity contribution < 1.29 is 9.13 Å². The highest BCUT2D eigenvalue weighted by molar-refractivity contribution is 5.46. The van der Waals surface area contributed by atoms with Crippen molar-refractivity contribution in [2.75, 3.05) is 42.6 Å². The number of aromatic amines is 1. The van der Waals surface area contributed by atoms with Gasteiger partial charge in [-0.25, -0.2) is 4.39 Å². The van der Waals surface area contributed by atoms with Crippen molar-refractivity contribution in [3.05, 3.63) is 52.3 Å². The maximum Gasteiger partial charge on any atom is 0.254 e. The molecule has 2 saturated heterocycles. The van der Waals surface area contributed by atoms with Crippen LogP contribution in [-0.4, -0.2) is 55.0 Å². The van der Waals surface area contributed by atoms with Crippen LogP contribution in [-0.2, 0) is 11.2 Å². The van der Waals surface area contributed by atoms with Gasteiger partial charge in [0.1, 0.15) is 12.0 Å². The third-order valence-electron chi connectivity index (χ3n) is 5.07. The number of H-pyrrole nitrogens is 1. The summed E-state index contributed by atoms with van der Waals surface area (Å²) >= 11 is 0. The van der Waals surface area contributed by atoms with Crippen LogP contribution in [0.4, 0.5) is 16.2 Å². The molecule has 0 spiro atoms. The van der Waals surface area contributed by atoms with Gasteiger partial charge < -0.3 is 14.5 Å². The van der Waals surface area contributed by atoms with Gasteiger partial charge in [0.25, 0.3) is 5.56 Å². The average molecular weight is 358 g/mol. The number of anilines is 2. The summed E-state index contributed by atoms with van der Waals surface area (Å²) < 4.78 is 19.9. The maximum atomic E-state index is 14.6. The van der Waals surface area contributed by atoms with Crippen LogP contribution in [0.2, 0.25) is 0 Å². The number of hydrogen-bond acceptors (Lipinski definition) is 5. The summed E-state index contributed by atoms with van der Waals surface area (Å²) in [5, 5.41) is 0. The lowest BCUT2D eigenvalue weighted by atomic mass is 10.0. The minimum absolute atomic E-state index is 0.211. The quantitative estimate of drug-likeness (QED) is 0.903. The van der Waals surface area contributed by atoms with Crippen molar-refractivity contribution in [3.8, 4) is 0 Å². The largest absolute Gasteiger partial charge is 0.378 e. The molecule has 0 amide bonds. The van der Waals surface area contributed by atoms with Gasteiger partial charge in [0.15, 0.2) is 0 Å². The number of alkyl halides is 1. The first-order chi connectivity index (χ1) is 12.7. The molecule has 2 aliphatic heterocycles. The summed E-state index contributed by atoms with van der Waals surface area (Å²) in [5.74, 6) is 1.09. The number of aromatic nitrogens is 2. The molecule has 138 valence electrons. The van der Waals surface area contributed by atoms with Crippen LogP contribution in [0.25, 0.3) is 0 Å². The van der Waals surface area contributed by atoms with Crippen molar-refractivity contribution in [1.29, 1.82) is 0 Å². The Balaban J connectivity index is 1.60. The normalized spacial score (nSPS) is 23.4. The number of hydrogen-bond donors (Lipinski definition) is 1. The molecule has 0 saturated carbocycles. The molecule has 1 aromatic heterocycles. The summed E-state index contributed by atoms with van der Waals surface area (Å²) in [6.07, 6.45) is 0.101. The first-order valence-corrected chi connectivity index (χ1v) is 9.09. The molecule has 7 heteroatoms. The van der Waals surface area contributed by atoms with E-state index in [0.717, 1.165) is 5.56 Å². The van der Waals surface area contributed by atoms with Gasteiger partial charge in [-0.05, 0) is 18.4 Å². The smallest absolute Gasteiger partial charge is 0.254 e. The van der Waals surface area contributed by atoms with E-state index in [0.29, 0.717) is 57.5 Å². The molecule has 2 fully saturated rings. The minimum atomic E-state index is -0.937. The molecule has 26 heavy (non-hydrogen) atoms. The molecule has 4 rings (SSSR count). The van der Waals surface area contributed by atoms with Gasteiger partial charge in [-0.3, -0.25) is 9.78 Å². The van der Waals surface area contributed by atoms with E-state index >= 15 is 0 Å². The number of morpholine rings is 1. The number of rotatable bonds is 4. The Morgan fingerprint density at radius 2 is 1.96 bits per heavy atom. The minimum Gasteiger partial charge on any atom is -0.378 e. The molecule has 0 unspecified atom stereocenters. The van der Waals surface area contributed by atoms with Crippen LogP contribution in [0, 0.1) is 0 Å². The van der Waals surface area contributed by atoms with E-state index in [-0.39, 0.29) is 11.6 Å². The lowest BCUT2D eigenvalue weighted by Crippen LogP contribution is -2.40. The second-order valence-corrected chi connectivity index (χ2v) is 6.78. The molecule has 3 heterocycles. The molecule has 2 aromatic rings. The van der Waals surface area contributed by atoms with Crippen LogP contribution in [0.3, 0.4) is 0 Å². The van der Waals surface area contributed by atoms with Crippen molar-refractivity contribution in [3.63, 3.8) is 0 Å². The Morgan fingerprint density at radius 1 is 1.19 bits per heavy atom. The molecule has 2 aliphatic rings. The second kappa shape index (κ2) is 7.45. The molecular formula is C19H23FN4O2. The summed E-state index contributed by atoms with van der Waals surface area (Å²) in [5.41, 5.74) is 0.871. The number of nitrogens with one attached hydrogen (secondary N) is 1. The molecule has 0 bridgehead atoms. The predicted molar refractivity (Wildman–Crippen MR) is 98.7 cm³/mol. The van der Waals surface area contributed by atoms with E-state index in [4.69, 9.17) is 4.74 Å². The van der Waals surface area contributed by atoms with E-state index in [1.807, 2.05) is 40.1 Å². The fourth-order valence-corrected chi connectivity index (χ4v) is 3.70. The first kappa shape index (κ1) is 17.0. The SMILES string of the molecule is O=c1cc(N2CCOCC2)nc(N2CC[C@@H](F)[C@@H]2Cc2ccccc2)[nH]1. The summed E-state index contributed by atoms with van der Waals surface area (Å²) in [7, 11) is 0. The lowest BCUT2D eigenvalue weighted by molar-refractivity contribution is 0.122. The zero-order valence-electron chi connectivity index (χ0n) is 14.6. The molecular weight excluding hydrogens is 335 g/mol. The highest BCUT2D eigenvalue weighted by Crippen LogP contribution is 2.28. The van der Waals surface area contributed by atoms with Crippen LogP contribution < -0.4 is 15.4 Å². The highest BCUT2D eigenvalue weighted by atomic mass is 19.1. The number of nitrogens with zero attached hydrogens (tertiary/aromatic N) is 3.